The highest BCUT2D eigenvalue weighted by atomic mass is 32.2. The fourth-order valence-corrected chi connectivity index (χ4v) is 0.574. The summed E-state index contributed by atoms with van der Waals surface area (Å²) in [5.41, 5.74) is 0. The average Bonchev–Trinajstić information content (AvgIpc) is 1.67. The van der Waals surface area contributed by atoms with E-state index in [0.717, 1.165) is 0 Å². The van der Waals surface area contributed by atoms with Gasteiger partial charge < -0.3 is 0 Å². The van der Waals surface area contributed by atoms with Crippen LogP contribution in [0.5, 0.6) is 0 Å². The molecule has 0 aliphatic heterocycles. The van der Waals surface area contributed by atoms with Gasteiger partial charge in [-0.05, 0) is 20.1 Å². The Morgan fingerprint density at radius 2 is 2.00 bits per heavy atom. The topological polar surface area (TPSA) is 12.4 Å². The molecule has 0 atom stereocenters. The van der Waals surface area contributed by atoms with Crippen molar-refractivity contribution >= 4 is 18.0 Å². The van der Waals surface area contributed by atoms with Gasteiger partial charge in [0.2, 0.25) is 0 Å². The van der Waals surface area contributed by atoms with Crippen LogP contribution in [0.1, 0.15) is 13.8 Å². The van der Waals surface area contributed by atoms with E-state index in [1.54, 1.807) is 18.8 Å². The molecule has 0 unspecified atom stereocenters. The predicted molar refractivity (Wildman–Crippen MR) is 42.0 cm³/mol. The summed E-state index contributed by atoms with van der Waals surface area (Å²) in [5.74, 6) is 0. The van der Waals surface area contributed by atoms with Gasteiger partial charge in [0.05, 0.1) is 0 Å². The SMILES string of the molecule is CN=CC(C)(C)SC. The molecule has 0 saturated heterocycles. The van der Waals surface area contributed by atoms with Crippen LogP contribution in [0.2, 0.25) is 0 Å². The van der Waals surface area contributed by atoms with Gasteiger partial charge in [0.1, 0.15) is 0 Å². The lowest BCUT2D eigenvalue weighted by Crippen LogP contribution is -2.14. The van der Waals surface area contributed by atoms with Gasteiger partial charge in [-0.3, -0.25) is 4.99 Å². The second-order valence-corrected chi connectivity index (χ2v) is 3.66. The van der Waals surface area contributed by atoms with Gasteiger partial charge in [-0.25, -0.2) is 0 Å². The molecule has 0 aromatic rings. The van der Waals surface area contributed by atoms with Crippen LogP contribution >= 0.6 is 11.8 Å². The van der Waals surface area contributed by atoms with Gasteiger partial charge in [-0.1, -0.05) is 0 Å². The van der Waals surface area contributed by atoms with E-state index in [1.807, 2.05) is 6.21 Å². The first-order valence-corrected chi connectivity index (χ1v) is 3.83. The summed E-state index contributed by atoms with van der Waals surface area (Å²) < 4.78 is 0.217. The molecule has 0 fully saturated rings. The van der Waals surface area contributed by atoms with E-state index in [-0.39, 0.29) is 4.75 Å². The molecule has 2 heteroatoms. The van der Waals surface area contributed by atoms with Crippen molar-refractivity contribution in [1.29, 1.82) is 0 Å². The zero-order valence-corrected chi connectivity index (χ0v) is 6.75. The zero-order chi connectivity index (χ0) is 6.62. The molecule has 8 heavy (non-hydrogen) atoms. The van der Waals surface area contributed by atoms with E-state index < -0.39 is 0 Å². The van der Waals surface area contributed by atoms with E-state index in [2.05, 4.69) is 25.1 Å². The normalized spacial score (nSPS) is 13.0. The highest BCUT2D eigenvalue weighted by molar-refractivity contribution is 8.00. The number of nitrogens with zero attached hydrogens (tertiary/aromatic N) is 1. The summed E-state index contributed by atoms with van der Waals surface area (Å²) in [7, 11) is 1.80. The molecule has 0 amide bonds. The van der Waals surface area contributed by atoms with Crippen molar-refractivity contribution in [3.05, 3.63) is 0 Å². The molecule has 0 aromatic heterocycles. The summed E-state index contributed by atoms with van der Waals surface area (Å²) in [6.45, 7) is 4.29. The quantitative estimate of drug-likeness (QED) is 0.521. The molecule has 0 saturated carbocycles. The fourth-order valence-electron chi connectivity index (χ4n) is 0.364. The lowest BCUT2D eigenvalue weighted by atomic mass is 10.2. The minimum Gasteiger partial charge on any atom is -0.299 e. The molecule has 0 spiro atoms. The molecule has 0 aliphatic carbocycles. The van der Waals surface area contributed by atoms with E-state index in [1.165, 1.54) is 0 Å². The second kappa shape index (κ2) is 3.13. The van der Waals surface area contributed by atoms with Crippen LogP contribution in [0.4, 0.5) is 0 Å². The Balaban J connectivity index is 3.71. The van der Waals surface area contributed by atoms with Gasteiger partial charge >= 0.3 is 0 Å². The Kier molecular flexibility index (Phi) is 3.13. The molecule has 0 aliphatic rings. The van der Waals surface area contributed by atoms with Crippen molar-refractivity contribution in [2.24, 2.45) is 4.99 Å². The Morgan fingerprint density at radius 1 is 1.50 bits per heavy atom. The molecule has 0 radical (unpaired) electrons. The lowest BCUT2D eigenvalue weighted by Gasteiger charge is -2.13. The van der Waals surface area contributed by atoms with Crippen LogP contribution in [-0.2, 0) is 0 Å². The van der Waals surface area contributed by atoms with Gasteiger partial charge in [0, 0.05) is 18.0 Å². The Hall–Kier alpha value is 0.0200. The van der Waals surface area contributed by atoms with E-state index in [4.69, 9.17) is 0 Å². The Labute approximate surface area is 55.6 Å². The maximum absolute atomic E-state index is 3.93. The van der Waals surface area contributed by atoms with Crippen molar-refractivity contribution in [1.82, 2.24) is 0 Å². The highest BCUT2D eigenvalue weighted by Gasteiger charge is 2.10. The Morgan fingerprint density at radius 3 is 2.12 bits per heavy atom. The third-order valence-electron chi connectivity index (χ3n) is 0.966. The molecule has 0 heterocycles. The maximum Gasteiger partial charge on any atom is 0.0447 e. The fraction of sp³-hybridized carbons (Fsp3) is 0.833. The van der Waals surface area contributed by atoms with E-state index in [9.17, 15) is 0 Å². The van der Waals surface area contributed by atoms with Crippen molar-refractivity contribution in [3.63, 3.8) is 0 Å². The van der Waals surface area contributed by atoms with Crippen LogP contribution in [0.15, 0.2) is 4.99 Å². The van der Waals surface area contributed by atoms with Gasteiger partial charge in [0.25, 0.3) is 0 Å². The van der Waals surface area contributed by atoms with Gasteiger partial charge in [-0.15, -0.1) is 0 Å². The van der Waals surface area contributed by atoms with Crippen molar-refractivity contribution in [3.8, 4) is 0 Å². The first-order chi connectivity index (χ1) is 3.62. The number of hydrogen-bond acceptors (Lipinski definition) is 2. The van der Waals surface area contributed by atoms with Crippen LogP contribution in [0, 0.1) is 0 Å². The van der Waals surface area contributed by atoms with Crippen molar-refractivity contribution in [2.75, 3.05) is 13.3 Å². The van der Waals surface area contributed by atoms with Crippen LogP contribution in [-0.4, -0.2) is 24.3 Å². The first kappa shape index (κ1) is 8.02. The van der Waals surface area contributed by atoms with Crippen molar-refractivity contribution < 1.29 is 0 Å². The molecule has 0 N–H and O–H groups in total. The molecule has 0 rings (SSSR count). The minimum atomic E-state index is 0.217. The third-order valence-corrected chi connectivity index (χ3v) is 2.12. The Bertz CT molecular complexity index is 86.5. The molecular formula is C6H13NS. The number of rotatable bonds is 2. The molecule has 0 aromatic carbocycles. The molecule has 1 nitrogen and oxygen atoms in total. The van der Waals surface area contributed by atoms with E-state index >= 15 is 0 Å². The monoisotopic (exact) mass is 131 g/mol. The van der Waals surface area contributed by atoms with Crippen LogP contribution < -0.4 is 0 Å². The van der Waals surface area contributed by atoms with Gasteiger partial charge in [-0.2, -0.15) is 11.8 Å². The summed E-state index contributed by atoms with van der Waals surface area (Å²) in [6, 6.07) is 0. The first-order valence-electron chi connectivity index (χ1n) is 2.61. The third kappa shape index (κ3) is 3.08. The molecule has 48 valence electrons. The zero-order valence-electron chi connectivity index (χ0n) is 5.93. The molecular weight excluding hydrogens is 118 g/mol. The smallest absolute Gasteiger partial charge is 0.0447 e. The predicted octanol–water partition coefficient (Wildman–Crippen LogP) is 1.83. The number of aliphatic imine (C=N–C) groups is 1. The number of thioether (sulfide) groups is 1. The average molecular weight is 131 g/mol. The second-order valence-electron chi connectivity index (χ2n) is 2.19. The summed E-state index contributed by atoms with van der Waals surface area (Å²) in [4.78, 5) is 3.93. The summed E-state index contributed by atoms with van der Waals surface area (Å²) in [6.07, 6.45) is 4.04. The maximum atomic E-state index is 3.93. The summed E-state index contributed by atoms with van der Waals surface area (Å²) in [5, 5.41) is 0. The minimum absolute atomic E-state index is 0.217. The van der Waals surface area contributed by atoms with E-state index in [0.29, 0.717) is 0 Å². The molecule has 0 bridgehead atoms. The van der Waals surface area contributed by atoms with Crippen LogP contribution in [0.3, 0.4) is 0 Å². The van der Waals surface area contributed by atoms with Crippen LogP contribution in [0.25, 0.3) is 0 Å². The number of hydrogen-bond donors (Lipinski definition) is 0. The highest BCUT2D eigenvalue weighted by Crippen LogP contribution is 2.17. The van der Waals surface area contributed by atoms with Crippen molar-refractivity contribution in [2.45, 2.75) is 18.6 Å². The summed E-state index contributed by atoms with van der Waals surface area (Å²) >= 11 is 1.80. The van der Waals surface area contributed by atoms with Gasteiger partial charge in [0.15, 0.2) is 0 Å². The largest absolute Gasteiger partial charge is 0.299 e. The standard InChI is InChI=1S/C6H13NS/c1-6(2,8-4)5-7-3/h5H,1-4H3. The lowest BCUT2D eigenvalue weighted by molar-refractivity contribution is 0.973.